The smallest absolute Gasteiger partial charge is 0.338 e. The van der Waals surface area contributed by atoms with Crippen LogP contribution in [0.2, 0.25) is 0 Å². The van der Waals surface area contributed by atoms with E-state index in [0.29, 0.717) is 12.2 Å². The minimum Gasteiger partial charge on any atom is -0.507 e. The number of carbonyl (C=O) groups is 1. The molecule has 0 radical (unpaired) electrons. The zero-order chi connectivity index (χ0) is 11.3. The van der Waals surface area contributed by atoms with Crippen molar-refractivity contribution < 1.29 is 14.6 Å². The maximum atomic E-state index is 11.4. The SMILES string of the molecule is C=C(C(=O)OCCC)c1ccccc1O. The van der Waals surface area contributed by atoms with Crippen molar-refractivity contribution in [2.24, 2.45) is 0 Å². The van der Waals surface area contributed by atoms with Gasteiger partial charge in [0.05, 0.1) is 12.2 Å². The van der Waals surface area contributed by atoms with Crippen LogP contribution in [0.15, 0.2) is 30.8 Å². The molecule has 0 fully saturated rings. The van der Waals surface area contributed by atoms with Crippen LogP contribution in [0.25, 0.3) is 5.57 Å². The van der Waals surface area contributed by atoms with E-state index in [-0.39, 0.29) is 11.3 Å². The predicted octanol–water partition coefficient (Wildman–Crippen LogP) is 2.36. The fourth-order valence-electron chi connectivity index (χ4n) is 1.12. The molecule has 1 aromatic rings. The monoisotopic (exact) mass is 206 g/mol. The molecule has 0 atom stereocenters. The fraction of sp³-hybridized carbons (Fsp3) is 0.250. The second kappa shape index (κ2) is 5.20. The Labute approximate surface area is 89.0 Å². The largest absolute Gasteiger partial charge is 0.507 e. The molecule has 0 saturated heterocycles. The van der Waals surface area contributed by atoms with Crippen LogP contribution >= 0.6 is 0 Å². The Morgan fingerprint density at radius 2 is 2.13 bits per heavy atom. The maximum Gasteiger partial charge on any atom is 0.338 e. The quantitative estimate of drug-likeness (QED) is 0.607. The number of phenols is 1. The summed E-state index contributed by atoms with van der Waals surface area (Å²) >= 11 is 0. The third-order valence-electron chi connectivity index (χ3n) is 1.91. The number of para-hydroxylation sites is 1. The Kier molecular flexibility index (Phi) is 3.92. The zero-order valence-corrected chi connectivity index (χ0v) is 8.69. The summed E-state index contributed by atoms with van der Waals surface area (Å²) in [5, 5.41) is 9.49. The lowest BCUT2D eigenvalue weighted by Crippen LogP contribution is -2.07. The molecule has 80 valence electrons. The average molecular weight is 206 g/mol. The molecule has 0 amide bonds. The normalized spacial score (nSPS) is 9.67. The summed E-state index contributed by atoms with van der Waals surface area (Å²) in [6.07, 6.45) is 0.764. The molecule has 15 heavy (non-hydrogen) atoms. The highest BCUT2D eigenvalue weighted by Gasteiger charge is 2.13. The van der Waals surface area contributed by atoms with E-state index in [0.717, 1.165) is 6.42 Å². The predicted molar refractivity (Wildman–Crippen MR) is 58.4 cm³/mol. The molecule has 1 N–H and O–H groups in total. The van der Waals surface area contributed by atoms with Gasteiger partial charge in [0, 0.05) is 5.56 Å². The van der Waals surface area contributed by atoms with Crippen LogP contribution in [0.5, 0.6) is 5.75 Å². The Morgan fingerprint density at radius 3 is 2.73 bits per heavy atom. The van der Waals surface area contributed by atoms with Crippen LogP contribution < -0.4 is 0 Å². The van der Waals surface area contributed by atoms with E-state index in [1.165, 1.54) is 6.07 Å². The van der Waals surface area contributed by atoms with Gasteiger partial charge in [-0.2, -0.15) is 0 Å². The third kappa shape index (κ3) is 2.84. The van der Waals surface area contributed by atoms with Crippen molar-refractivity contribution in [3.63, 3.8) is 0 Å². The lowest BCUT2D eigenvalue weighted by atomic mass is 10.1. The number of hydrogen-bond acceptors (Lipinski definition) is 3. The van der Waals surface area contributed by atoms with Crippen LogP contribution in [0.4, 0.5) is 0 Å². The molecule has 0 aliphatic carbocycles. The molecule has 3 heteroatoms. The Balaban J connectivity index is 2.77. The first kappa shape index (κ1) is 11.3. The minimum atomic E-state index is -0.488. The molecule has 0 saturated carbocycles. The number of phenolic OH excluding ortho intramolecular Hbond substituents is 1. The average Bonchev–Trinajstić information content (AvgIpc) is 2.25. The van der Waals surface area contributed by atoms with Gasteiger partial charge < -0.3 is 9.84 Å². The number of benzene rings is 1. The molecule has 0 aliphatic heterocycles. The van der Waals surface area contributed by atoms with Gasteiger partial charge in [0.2, 0.25) is 0 Å². The number of aromatic hydroxyl groups is 1. The fourth-order valence-corrected chi connectivity index (χ4v) is 1.12. The molecule has 1 aromatic carbocycles. The molecular formula is C12H14O3. The first-order valence-electron chi connectivity index (χ1n) is 4.81. The van der Waals surface area contributed by atoms with Crippen molar-refractivity contribution in [2.75, 3.05) is 6.61 Å². The van der Waals surface area contributed by atoms with Crippen LogP contribution in [0, 0.1) is 0 Å². The van der Waals surface area contributed by atoms with E-state index in [9.17, 15) is 9.90 Å². The zero-order valence-electron chi connectivity index (χ0n) is 8.69. The summed E-state index contributed by atoms with van der Waals surface area (Å²) in [7, 11) is 0. The minimum absolute atomic E-state index is 0.0379. The van der Waals surface area contributed by atoms with Crippen LogP contribution in [0.1, 0.15) is 18.9 Å². The Morgan fingerprint density at radius 1 is 1.47 bits per heavy atom. The van der Waals surface area contributed by atoms with E-state index >= 15 is 0 Å². The van der Waals surface area contributed by atoms with Crippen molar-refractivity contribution >= 4 is 11.5 Å². The van der Waals surface area contributed by atoms with Gasteiger partial charge in [-0.25, -0.2) is 4.79 Å². The highest BCUT2D eigenvalue weighted by atomic mass is 16.5. The molecule has 0 aromatic heterocycles. The van der Waals surface area contributed by atoms with E-state index in [1.54, 1.807) is 18.2 Å². The van der Waals surface area contributed by atoms with Crippen molar-refractivity contribution in [1.82, 2.24) is 0 Å². The molecule has 0 aliphatic rings. The van der Waals surface area contributed by atoms with Gasteiger partial charge in [-0.05, 0) is 12.5 Å². The van der Waals surface area contributed by atoms with E-state index < -0.39 is 5.97 Å². The number of ether oxygens (including phenoxy) is 1. The number of esters is 1. The van der Waals surface area contributed by atoms with Crippen LogP contribution in [-0.4, -0.2) is 17.7 Å². The van der Waals surface area contributed by atoms with Crippen molar-refractivity contribution in [2.45, 2.75) is 13.3 Å². The highest BCUT2D eigenvalue weighted by Crippen LogP contribution is 2.23. The van der Waals surface area contributed by atoms with Gasteiger partial charge in [-0.3, -0.25) is 0 Å². The third-order valence-corrected chi connectivity index (χ3v) is 1.91. The summed E-state index contributed by atoms with van der Waals surface area (Å²) in [6.45, 7) is 5.88. The van der Waals surface area contributed by atoms with Gasteiger partial charge in [-0.15, -0.1) is 0 Å². The standard InChI is InChI=1S/C12H14O3/c1-3-8-15-12(14)9(2)10-6-4-5-7-11(10)13/h4-7,13H,2-3,8H2,1H3. The Bertz CT molecular complexity index is 369. The highest BCUT2D eigenvalue weighted by molar-refractivity contribution is 6.16. The molecular weight excluding hydrogens is 192 g/mol. The van der Waals surface area contributed by atoms with Crippen LogP contribution in [0.3, 0.4) is 0 Å². The van der Waals surface area contributed by atoms with Gasteiger partial charge in [0.1, 0.15) is 5.75 Å². The maximum absolute atomic E-state index is 11.4. The summed E-state index contributed by atoms with van der Waals surface area (Å²) in [4.78, 5) is 11.4. The van der Waals surface area contributed by atoms with E-state index in [2.05, 4.69) is 6.58 Å². The number of rotatable bonds is 4. The molecule has 0 unspecified atom stereocenters. The first-order valence-corrected chi connectivity index (χ1v) is 4.81. The molecule has 1 rings (SSSR count). The Hall–Kier alpha value is -1.77. The van der Waals surface area contributed by atoms with Crippen molar-refractivity contribution in [3.05, 3.63) is 36.4 Å². The lowest BCUT2D eigenvalue weighted by Gasteiger charge is -2.07. The lowest BCUT2D eigenvalue weighted by molar-refractivity contribution is -0.136. The second-order valence-electron chi connectivity index (χ2n) is 3.13. The number of carbonyl (C=O) groups excluding carboxylic acids is 1. The second-order valence-corrected chi connectivity index (χ2v) is 3.13. The van der Waals surface area contributed by atoms with Crippen molar-refractivity contribution in [3.8, 4) is 5.75 Å². The van der Waals surface area contributed by atoms with Gasteiger partial charge in [0.15, 0.2) is 0 Å². The first-order chi connectivity index (χ1) is 7.16. The van der Waals surface area contributed by atoms with E-state index in [1.807, 2.05) is 6.92 Å². The number of hydrogen-bond donors (Lipinski definition) is 1. The molecule has 0 heterocycles. The van der Waals surface area contributed by atoms with Gasteiger partial charge in [-0.1, -0.05) is 31.7 Å². The summed E-state index contributed by atoms with van der Waals surface area (Å²) < 4.78 is 4.91. The van der Waals surface area contributed by atoms with Gasteiger partial charge in [0.25, 0.3) is 0 Å². The van der Waals surface area contributed by atoms with Crippen molar-refractivity contribution in [1.29, 1.82) is 0 Å². The summed E-state index contributed by atoms with van der Waals surface area (Å²) in [6, 6.07) is 6.55. The van der Waals surface area contributed by atoms with Gasteiger partial charge >= 0.3 is 5.97 Å². The topological polar surface area (TPSA) is 46.5 Å². The van der Waals surface area contributed by atoms with E-state index in [4.69, 9.17) is 4.74 Å². The summed E-state index contributed by atoms with van der Waals surface area (Å²) in [5.41, 5.74) is 0.597. The molecule has 0 bridgehead atoms. The molecule has 3 nitrogen and oxygen atoms in total. The summed E-state index contributed by atoms with van der Waals surface area (Å²) in [5.74, 6) is -0.450. The molecule has 0 spiro atoms. The van der Waals surface area contributed by atoms with Crippen LogP contribution in [-0.2, 0) is 9.53 Å².